The molecule has 194 valence electrons. The number of anilines is 1. The number of thiocarbonyl (C=S) groups is 1. The molecule has 4 aromatic rings. The molecular formula is C31H31FN4OS. The van der Waals surface area contributed by atoms with Gasteiger partial charge in [-0.25, -0.2) is 4.39 Å². The maximum Gasteiger partial charge on any atom is 0.174 e. The molecule has 1 saturated heterocycles. The summed E-state index contributed by atoms with van der Waals surface area (Å²) in [7, 11) is 0. The number of nitrogens with zero attached hydrogens (tertiary/aromatic N) is 3. The normalized spacial score (nSPS) is 19.7. The molecule has 0 bridgehead atoms. The third-order valence-corrected chi connectivity index (χ3v) is 7.99. The molecule has 0 amide bonds. The number of halogens is 1. The summed E-state index contributed by atoms with van der Waals surface area (Å²) in [5.74, 6) is 0.633. The Balaban J connectivity index is 1.41. The van der Waals surface area contributed by atoms with E-state index in [-0.39, 0.29) is 17.9 Å². The molecule has 6 rings (SSSR count). The Morgan fingerprint density at radius 1 is 0.947 bits per heavy atom. The van der Waals surface area contributed by atoms with Crippen LogP contribution in [0.15, 0.2) is 79.0 Å². The van der Waals surface area contributed by atoms with Gasteiger partial charge in [0.05, 0.1) is 23.9 Å². The summed E-state index contributed by atoms with van der Waals surface area (Å²) in [4.78, 5) is 6.85. The summed E-state index contributed by atoms with van der Waals surface area (Å²) in [6, 6.07) is 22.8. The van der Waals surface area contributed by atoms with Crippen molar-refractivity contribution in [2.75, 3.05) is 4.90 Å². The predicted octanol–water partition coefficient (Wildman–Crippen LogP) is 7.13. The second kappa shape index (κ2) is 10.2. The van der Waals surface area contributed by atoms with Crippen LogP contribution in [0.1, 0.15) is 60.4 Å². The molecule has 1 N–H and O–H groups in total. The molecule has 2 aliphatic rings. The van der Waals surface area contributed by atoms with Gasteiger partial charge in [0.2, 0.25) is 0 Å². The lowest BCUT2D eigenvalue weighted by Crippen LogP contribution is -2.29. The van der Waals surface area contributed by atoms with Gasteiger partial charge in [-0.05, 0) is 118 Å². The number of ether oxygens (including phenoxy) is 1. The van der Waals surface area contributed by atoms with E-state index in [9.17, 15) is 4.39 Å². The summed E-state index contributed by atoms with van der Waals surface area (Å²) in [6.45, 7) is 4.14. The van der Waals surface area contributed by atoms with E-state index in [0.717, 1.165) is 52.6 Å². The van der Waals surface area contributed by atoms with Crippen LogP contribution in [-0.2, 0) is 0 Å². The van der Waals surface area contributed by atoms with Gasteiger partial charge in [-0.3, -0.25) is 4.98 Å². The Bertz CT molecular complexity index is 1450. The number of nitrogens with one attached hydrogen (secondary N) is 1. The highest BCUT2D eigenvalue weighted by Gasteiger charge is 2.42. The van der Waals surface area contributed by atoms with Crippen molar-refractivity contribution >= 4 is 23.0 Å². The number of aromatic nitrogens is 2. The van der Waals surface area contributed by atoms with Crippen molar-refractivity contribution in [3.8, 4) is 11.4 Å². The second-order valence-electron chi connectivity index (χ2n) is 10.2. The number of pyridine rings is 1. The van der Waals surface area contributed by atoms with E-state index in [2.05, 4.69) is 51.8 Å². The molecule has 7 heteroatoms. The van der Waals surface area contributed by atoms with Gasteiger partial charge in [0.25, 0.3) is 0 Å². The number of hydrogen-bond donors (Lipinski definition) is 1. The fraction of sp³-hybridized carbons (Fsp3) is 0.290. The minimum absolute atomic E-state index is 0.146. The van der Waals surface area contributed by atoms with E-state index in [4.69, 9.17) is 17.0 Å². The molecule has 0 spiro atoms. The van der Waals surface area contributed by atoms with Crippen molar-refractivity contribution in [1.29, 1.82) is 0 Å². The molecule has 1 aliphatic carbocycles. The summed E-state index contributed by atoms with van der Waals surface area (Å²) in [6.07, 6.45) is 6.84. The molecular weight excluding hydrogens is 495 g/mol. The average molecular weight is 527 g/mol. The second-order valence-corrected chi connectivity index (χ2v) is 10.5. The predicted molar refractivity (Wildman–Crippen MR) is 152 cm³/mol. The van der Waals surface area contributed by atoms with E-state index >= 15 is 0 Å². The topological polar surface area (TPSA) is 42.3 Å². The monoisotopic (exact) mass is 526 g/mol. The van der Waals surface area contributed by atoms with Crippen LogP contribution in [0.25, 0.3) is 5.69 Å². The zero-order valence-electron chi connectivity index (χ0n) is 21.6. The Morgan fingerprint density at radius 2 is 1.74 bits per heavy atom. The van der Waals surface area contributed by atoms with Crippen molar-refractivity contribution < 1.29 is 9.13 Å². The Labute approximate surface area is 228 Å². The first-order valence-electron chi connectivity index (χ1n) is 13.2. The van der Waals surface area contributed by atoms with Crippen LogP contribution in [0.3, 0.4) is 0 Å². The van der Waals surface area contributed by atoms with E-state index in [1.165, 1.54) is 18.9 Å². The smallest absolute Gasteiger partial charge is 0.174 e. The zero-order valence-corrected chi connectivity index (χ0v) is 22.4. The Hall–Kier alpha value is -3.71. The molecule has 2 aromatic heterocycles. The Morgan fingerprint density at radius 3 is 2.45 bits per heavy atom. The van der Waals surface area contributed by atoms with E-state index in [1.807, 2.05) is 42.6 Å². The molecule has 0 radical (unpaired) electrons. The molecule has 1 aliphatic heterocycles. The van der Waals surface area contributed by atoms with Crippen LogP contribution < -0.4 is 15.0 Å². The number of aryl methyl sites for hydroxylation is 1. The van der Waals surface area contributed by atoms with Crippen LogP contribution in [-0.4, -0.2) is 20.8 Å². The summed E-state index contributed by atoms with van der Waals surface area (Å²) in [5.41, 5.74) is 5.88. The lowest BCUT2D eigenvalue weighted by atomic mass is 9.96. The minimum atomic E-state index is -0.256. The van der Waals surface area contributed by atoms with E-state index in [1.54, 1.807) is 12.1 Å². The first-order valence-corrected chi connectivity index (χ1v) is 13.6. The SMILES string of the molecule is Cc1cc([C@@H]2[C@H](c3ccccn3)NC(=S)N2c2ccc(OC3CCCC3)cc2)c(C)n1-c1cccc(F)c1. The highest BCUT2D eigenvalue weighted by atomic mass is 32.1. The van der Waals surface area contributed by atoms with Gasteiger partial charge >= 0.3 is 0 Å². The van der Waals surface area contributed by atoms with Gasteiger partial charge < -0.3 is 19.5 Å². The van der Waals surface area contributed by atoms with Crippen molar-refractivity contribution in [3.63, 3.8) is 0 Å². The number of benzene rings is 2. The van der Waals surface area contributed by atoms with Crippen molar-refractivity contribution in [2.45, 2.75) is 57.7 Å². The van der Waals surface area contributed by atoms with Crippen LogP contribution >= 0.6 is 12.2 Å². The average Bonchev–Trinajstić information content (AvgIpc) is 3.63. The molecule has 2 atom stereocenters. The maximum atomic E-state index is 14.1. The fourth-order valence-electron chi connectivity index (χ4n) is 5.93. The minimum Gasteiger partial charge on any atom is -0.490 e. The zero-order chi connectivity index (χ0) is 26.2. The van der Waals surface area contributed by atoms with Crippen molar-refractivity contribution in [3.05, 3.63) is 107 Å². The standard InChI is InChI=1S/C31H31FN4OS/c1-20-18-27(21(2)35(20)24-9-7-8-22(32)19-24)30-29(28-12-5-6-17-33-28)34-31(38)36(30)23-13-15-26(16-14-23)37-25-10-3-4-11-25/h5-9,12-19,25,29-30H,3-4,10-11H2,1-2H3,(H,34,38)/t29-,30+/m0/s1. The van der Waals surface area contributed by atoms with Gasteiger partial charge in [-0.15, -0.1) is 0 Å². The summed E-state index contributed by atoms with van der Waals surface area (Å²) < 4.78 is 22.4. The molecule has 0 unspecified atom stereocenters. The third-order valence-electron chi connectivity index (χ3n) is 7.67. The molecule has 1 saturated carbocycles. The highest BCUT2D eigenvalue weighted by molar-refractivity contribution is 7.80. The first-order chi connectivity index (χ1) is 18.5. The van der Waals surface area contributed by atoms with Crippen molar-refractivity contribution in [2.24, 2.45) is 0 Å². The molecule has 2 aromatic carbocycles. The third kappa shape index (κ3) is 4.56. The fourth-order valence-corrected chi connectivity index (χ4v) is 6.28. The van der Waals surface area contributed by atoms with Gasteiger partial charge in [0.1, 0.15) is 11.6 Å². The summed E-state index contributed by atoms with van der Waals surface area (Å²) >= 11 is 5.92. The van der Waals surface area contributed by atoms with Crippen LogP contribution in [0.4, 0.5) is 10.1 Å². The number of hydrogen-bond acceptors (Lipinski definition) is 3. The quantitative estimate of drug-likeness (QED) is 0.271. The van der Waals surface area contributed by atoms with E-state index in [0.29, 0.717) is 11.2 Å². The highest BCUT2D eigenvalue weighted by Crippen LogP contribution is 2.44. The number of rotatable bonds is 6. The van der Waals surface area contributed by atoms with Crippen LogP contribution in [0.2, 0.25) is 0 Å². The maximum absolute atomic E-state index is 14.1. The summed E-state index contributed by atoms with van der Waals surface area (Å²) in [5, 5.41) is 4.18. The van der Waals surface area contributed by atoms with Gasteiger partial charge in [0.15, 0.2) is 5.11 Å². The van der Waals surface area contributed by atoms with Gasteiger partial charge in [0, 0.05) is 29.0 Å². The van der Waals surface area contributed by atoms with Gasteiger partial charge in [-0.1, -0.05) is 12.1 Å². The molecule has 5 nitrogen and oxygen atoms in total. The molecule has 3 heterocycles. The van der Waals surface area contributed by atoms with E-state index < -0.39 is 0 Å². The molecule has 38 heavy (non-hydrogen) atoms. The lowest BCUT2D eigenvalue weighted by molar-refractivity contribution is 0.210. The van der Waals surface area contributed by atoms with Gasteiger partial charge in [-0.2, -0.15) is 0 Å². The first kappa shape index (κ1) is 24.6. The van der Waals surface area contributed by atoms with Crippen molar-refractivity contribution in [1.82, 2.24) is 14.9 Å². The van der Waals surface area contributed by atoms with Crippen LogP contribution in [0.5, 0.6) is 5.75 Å². The van der Waals surface area contributed by atoms with Crippen LogP contribution in [0, 0.1) is 19.7 Å². The Kier molecular flexibility index (Phi) is 6.62. The lowest BCUT2D eigenvalue weighted by Gasteiger charge is -2.28. The largest absolute Gasteiger partial charge is 0.490 e. The molecule has 2 fully saturated rings.